The molecule has 2 N–H and O–H groups in total. The summed E-state index contributed by atoms with van der Waals surface area (Å²) in [7, 11) is 0. The Morgan fingerprint density at radius 1 is 1.42 bits per heavy atom. The Balaban J connectivity index is 2.62. The van der Waals surface area contributed by atoms with E-state index in [2.05, 4.69) is 15.3 Å². The summed E-state index contributed by atoms with van der Waals surface area (Å²) in [6.07, 6.45) is 1.05. The summed E-state index contributed by atoms with van der Waals surface area (Å²) in [5.74, 6) is 0. The highest BCUT2D eigenvalue weighted by molar-refractivity contribution is 7.98. The molecule has 9 heteroatoms. The first kappa shape index (κ1) is 19.8. The van der Waals surface area contributed by atoms with Gasteiger partial charge in [0, 0.05) is 5.56 Å². The molecule has 0 radical (unpaired) electrons. The number of halogens is 1. The molecule has 0 saturated carbocycles. The summed E-state index contributed by atoms with van der Waals surface area (Å²) in [5.41, 5.74) is -0.800. The van der Waals surface area contributed by atoms with Crippen molar-refractivity contribution in [3.8, 4) is 17.3 Å². The Morgan fingerprint density at radius 3 is 2.69 bits per heavy atom. The van der Waals surface area contributed by atoms with E-state index in [4.69, 9.17) is 16.3 Å². The molecule has 1 aromatic heterocycles. The highest BCUT2D eigenvalue weighted by Crippen LogP contribution is 2.35. The molecule has 0 saturated heterocycles. The van der Waals surface area contributed by atoms with Crippen molar-refractivity contribution < 1.29 is 9.53 Å². The van der Waals surface area contributed by atoms with Crippen LogP contribution < -0.4 is 10.9 Å². The Bertz CT molecular complexity index is 944. The van der Waals surface area contributed by atoms with Crippen LogP contribution in [0.3, 0.4) is 0 Å². The number of thioether (sulfide) groups is 1. The number of ether oxygens (including phenoxy) is 1. The van der Waals surface area contributed by atoms with Gasteiger partial charge in [0.25, 0.3) is 5.56 Å². The summed E-state index contributed by atoms with van der Waals surface area (Å²) in [6.45, 7) is 5.22. The topological polar surface area (TPSA) is 108 Å². The standard InChI is InChI=1S/C17H17ClN4O3S/c1-17(2,3)25-16(24)20-11-7-5-6-10(18)12(11)13-9(8-19)14(23)22-15(21-13)26-4/h5-7H,1-4H3,(H,20,24)(H,21,22,23). The van der Waals surface area contributed by atoms with Crippen LogP contribution in [0.2, 0.25) is 5.02 Å². The van der Waals surface area contributed by atoms with E-state index >= 15 is 0 Å². The number of aromatic nitrogens is 2. The molecule has 0 spiro atoms. The lowest BCUT2D eigenvalue weighted by Gasteiger charge is -2.20. The molecule has 0 aliphatic rings. The van der Waals surface area contributed by atoms with Crippen molar-refractivity contribution in [2.24, 2.45) is 0 Å². The Kier molecular flexibility index (Phi) is 5.95. The van der Waals surface area contributed by atoms with Crippen LogP contribution in [0.15, 0.2) is 28.2 Å². The van der Waals surface area contributed by atoms with E-state index < -0.39 is 17.3 Å². The highest BCUT2D eigenvalue weighted by Gasteiger charge is 2.22. The van der Waals surface area contributed by atoms with Gasteiger partial charge in [-0.1, -0.05) is 29.4 Å². The van der Waals surface area contributed by atoms with Crippen LogP contribution in [0.25, 0.3) is 11.3 Å². The lowest BCUT2D eigenvalue weighted by molar-refractivity contribution is 0.0636. The molecule has 1 heterocycles. The zero-order chi connectivity index (χ0) is 19.5. The molecule has 1 amide bonds. The van der Waals surface area contributed by atoms with Gasteiger partial charge >= 0.3 is 6.09 Å². The third-order valence-corrected chi connectivity index (χ3v) is 3.98. The molecule has 0 bridgehead atoms. The van der Waals surface area contributed by atoms with E-state index in [1.165, 1.54) is 11.8 Å². The average molecular weight is 393 g/mol. The largest absolute Gasteiger partial charge is 0.444 e. The Labute approximate surface area is 159 Å². The number of rotatable bonds is 3. The van der Waals surface area contributed by atoms with E-state index in [0.717, 1.165) is 0 Å². The van der Waals surface area contributed by atoms with Crippen LogP contribution in [0.5, 0.6) is 0 Å². The van der Waals surface area contributed by atoms with Gasteiger partial charge in [0.05, 0.1) is 10.7 Å². The molecule has 0 aliphatic heterocycles. The number of nitrogens with one attached hydrogen (secondary N) is 2. The van der Waals surface area contributed by atoms with Crippen molar-refractivity contribution in [2.75, 3.05) is 11.6 Å². The van der Waals surface area contributed by atoms with Crippen molar-refractivity contribution >= 4 is 35.1 Å². The van der Waals surface area contributed by atoms with E-state index in [0.29, 0.717) is 5.16 Å². The summed E-state index contributed by atoms with van der Waals surface area (Å²) in [4.78, 5) is 31.1. The molecule has 2 aromatic rings. The predicted octanol–water partition coefficient (Wildman–Crippen LogP) is 4.03. The first-order chi connectivity index (χ1) is 12.2. The van der Waals surface area contributed by atoms with Gasteiger partial charge in [-0.3, -0.25) is 10.1 Å². The molecule has 0 aliphatic carbocycles. The third-order valence-electron chi connectivity index (χ3n) is 3.09. The minimum Gasteiger partial charge on any atom is -0.444 e. The summed E-state index contributed by atoms with van der Waals surface area (Å²) < 4.78 is 5.25. The van der Waals surface area contributed by atoms with Crippen LogP contribution in [-0.4, -0.2) is 27.9 Å². The number of hydrogen-bond donors (Lipinski definition) is 2. The second-order valence-corrected chi connectivity index (χ2v) is 7.40. The first-order valence-corrected chi connectivity index (χ1v) is 9.14. The van der Waals surface area contributed by atoms with E-state index in [1.807, 2.05) is 6.07 Å². The number of H-pyrrole nitrogens is 1. The SMILES string of the molecule is CSc1nc(-c2c(Cl)cccc2NC(=O)OC(C)(C)C)c(C#N)c(=O)[nH]1. The molecule has 0 unspecified atom stereocenters. The molecule has 0 atom stereocenters. The second-order valence-electron chi connectivity index (χ2n) is 6.20. The maximum absolute atomic E-state index is 12.2. The van der Waals surface area contributed by atoms with Crippen molar-refractivity contribution in [1.29, 1.82) is 5.26 Å². The molecule has 1 aromatic carbocycles. The number of carbonyl (C=O) groups is 1. The quantitative estimate of drug-likeness (QED) is 0.603. The lowest BCUT2D eigenvalue weighted by Crippen LogP contribution is -2.27. The number of aromatic amines is 1. The monoisotopic (exact) mass is 392 g/mol. The second kappa shape index (κ2) is 7.81. The third kappa shape index (κ3) is 4.56. The van der Waals surface area contributed by atoms with E-state index in [9.17, 15) is 14.9 Å². The Morgan fingerprint density at radius 2 is 2.12 bits per heavy atom. The maximum atomic E-state index is 12.2. The molecular formula is C17H17ClN4O3S. The Hall–Kier alpha value is -2.50. The smallest absolute Gasteiger partial charge is 0.412 e. The zero-order valence-corrected chi connectivity index (χ0v) is 16.2. The van der Waals surface area contributed by atoms with Crippen molar-refractivity contribution in [3.05, 3.63) is 39.1 Å². The predicted molar refractivity (Wildman–Crippen MR) is 102 cm³/mol. The fourth-order valence-corrected chi connectivity index (χ4v) is 2.76. The fourth-order valence-electron chi connectivity index (χ4n) is 2.12. The van der Waals surface area contributed by atoms with Gasteiger partial charge in [0.2, 0.25) is 0 Å². The maximum Gasteiger partial charge on any atom is 0.412 e. The number of hydrogen-bond acceptors (Lipinski definition) is 6. The van der Waals surface area contributed by atoms with Gasteiger partial charge in [-0.2, -0.15) is 5.26 Å². The molecule has 136 valence electrons. The van der Waals surface area contributed by atoms with Crippen LogP contribution >= 0.6 is 23.4 Å². The zero-order valence-electron chi connectivity index (χ0n) is 14.6. The van der Waals surface area contributed by atoms with Crippen LogP contribution in [-0.2, 0) is 4.74 Å². The normalized spacial score (nSPS) is 10.9. The van der Waals surface area contributed by atoms with Gasteiger partial charge in [-0.25, -0.2) is 9.78 Å². The number of amides is 1. The molecule has 7 nitrogen and oxygen atoms in total. The van der Waals surface area contributed by atoms with Gasteiger partial charge in [-0.05, 0) is 39.2 Å². The minimum absolute atomic E-state index is 0.0947. The van der Waals surface area contributed by atoms with Gasteiger partial charge < -0.3 is 9.72 Å². The first-order valence-electron chi connectivity index (χ1n) is 7.53. The lowest BCUT2D eigenvalue weighted by atomic mass is 10.1. The average Bonchev–Trinajstić information content (AvgIpc) is 2.52. The molecule has 26 heavy (non-hydrogen) atoms. The number of benzene rings is 1. The van der Waals surface area contributed by atoms with Gasteiger partial charge in [0.1, 0.15) is 22.9 Å². The minimum atomic E-state index is -0.686. The fraction of sp³-hybridized carbons (Fsp3) is 0.294. The van der Waals surface area contributed by atoms with Crippen LogP contribution in [0.4, 0.5) is 10.5 Å². The van der Waals surface area contributed by atoms with Crippen molar-refractivity contribution in [3.63, 3.8) is 0 Å². The van der Waals surface area contributed by atoms with Crippen molar-refractivity contribution in [1.82, 2.24) is 9.97 Å². The van der Waals surface area contributed by atoms with Crippen LogP contribution in [0, 0.1) is 11.3 Å². The molecular weight excluding hydrogens is 376 g/mol. The van der Waals surface area contributed by atoms with Gasteiger partial charge in [-0.15, -0.1) is 0 Å². The van der Waals surface area contributed by atoms with Crippen molar-refractivity contribution in [2.45, 2.75) is 31.5 Å². The number of nitrogens with zero attached hydrogens (tertiary/aromatic N) is 2. The summed E-state index contributed by atoms with van der Waals surface area (Å²) in [5, 5.41) is 12.5. The number of anilines is 1. The van der Waals surface area contributed by atoms with E-state index in [-0.39, 0.29) is 27.5 Å². The highest BCUT2D eigenvalue weighted by atomic mass is 35.5. The number of carbonyl (C=O) groups excluding carboxylic acids is 1. The summed E-state index contributed by atoms with van der Waals surface area (Å²) in [6, 6.07) is 6.65. The van der Waals surface area contributed by atoms with Crippen LogP contribution in [0.1, 0.15) is 26.3 Å². The molecule has 0 fully saturated rings. The number of nitriles is 1. The van der Waals surface area contributed by atoms with Gasteiger partial charge in [0.15, 0.2) is 5.16 Å². The van der Waals surface area contributed by atoms with E-state index in [1.54, 1.807) is 45.2 Å². The molecule has 2 rings (SSSR count). The summed E-state index contributed by atoms with van der Waals surface area (Å²) >= 11 is 7.51.